The summed E-state index contributed by atoms with van der Waals surface area (Å²) in [5, 5.41) is 57.2. The highest BCUT2D eigenvalue weighted by molar-refractivity contribution is 5.76. The predicted octanol–water partition coefficient (Wildman–Crippen LogP) is -3.64. The fourth-order valence-corrected chi connectivity index (χ4v) is 2.30. The maximum atomic E-state index is 11.1. The molecular formula is C12H20N2O9. The van der Waals surface area contributed by atoms with Gasteiger partial charge in [0.25, 0.3) is 0 Å². The van der Waals surface area contributed by atoms with E-state index in [0.717, 1.165) is 0 Å². The summed E-state index contributed by atoms with van der Waals surface area (Å²) in [7, 11) is 0. The van der Waals surface area contributed by atoms with E-state index in [4.69, 9.17) is 20.4 Å². The molecule has 5 atom stereocenters. The number of nitrogens with zero attached hydrogens (tertiary/aromatic N) is 1. The molecule has 23 heavy (non-hydrogen) atoms. The molecule has 0 saturated carbocycles. The smallest absolute Gasteiger partial charge is 0.332 e. The topological polar surface area (TPSA) is 188 Å². The number of β-amino-alcohol motifs (C(OH)–C–C–N with tert-alkyl or cyclic N) is 2. The molecule has 1 aliphatic rings. The number of likely N-dealkylation sites (tertiary alicyclic amines) is 1. The lowest BCUT2D eigenvalue weighted by molar-refractivity contribution is -0.163. The number of aliphatic carboxylic acids is 3. The molecule has 0 spiro atoms. The average Bonchev–Trinajstić information content (AvgIpc) is 2.40. The quantitative estimate of drug-likeness (QED) is 0.208. The number of aliphatic hydroxyl groups is 3. The van der Waals surface area contributed by atoms with Crippen LogP contribution in [0, 0.1) is 0 Å². The van der Waals surface area contributed by atoms with Crippen molar-refractivity contribution in [1.82, 2.24) is 10.2 Å². The Hall–Kier alpha value is -1.79. The highest BCUT2D eigenvalue weighted by Crippen LogP contribution is 2.19. The first-order chi connectivity index (χ1) is 10.6. The number of aliphatic hydroxyl groups excluding tert-OH is 3. The molecule has 0 aromatic rings. The largest absolute Gasteiger partial charge is 0.480 e. The van der Waals surface area contributed by atoms with Crippen LogP contribution in [-0.4, -0.2) is 103 Å². The van der Waals surface area contributed by atoms with Gasteiger partial charge in [0.2, 0.25) is 0 Å². The van der Waals surface area contributed by atoms with Crippen LogP contribution in [0.15, 0.2) is 0 Å². The SMILES string of the molecule is O=C(O)C(O)CCNC(C(=O)O)C(O)CN1CC(O)C1C(=O)O. The molecule has 0 radical (unpaired) electrons. The minimum atomic E-state index is -1.66. The summed E-state index contributed by atoms with van der Waals surface area (Å²) in [5.41, 5.74) is 0. The summed E-state index contributed by atoms with van der Waals surface area (Å²) in [6.45, 7) is -0.468. The molecule has 0 aromatic heterocycles. The Morgan fingerprint density at radius 3 is 2.17 bits per heavy atom. The molecule has 0 amide bonds. The summed E-state index contributed by atoms with van der Waals surface area (Å²) < 4.78 is 0. The third kappa shape index (κ3) is 5.11. The van der Waals surface area contributed by atoms with Crippen molar-refractivity contribution in [2.75, 3.05) is 19.6 Å². The Kier molecular flexibility index (Phi) is 6.84. The van der Waals surface area contributed by atoms with Gasteiger partial charge in [-0.2, -0.15) is 0 Å². The van der Waals surface area contributed by atoms with Crippen LogP contribution in [-0.2, 0) is 14.4 Å². The normalized spacial score (nSPS) is 25.2. The van der Waals surface area contributed by atoms with E-state index in [1.807, 2.05) is 0 Å². The van der Waals surface area contributed by atoms with Gasteiger partial charge in [-0.25, -0.2) is 4.79 Å². The van der Waals surface area contributed by atoms with Gasteiger partial charge in [-0.05, 0) is 13.0 Å². The number of carboxylic acids is 3. The zero-order valence-electron chi connectivity index (χ0n) is 12.1. The number of hydrogen-bond acceptors (Lipinski definition) is 8. The van der Waals surface area contributed by atoms with E-state index in [0.29, 0.717) is 0 Å². The van der Waals surface area contributed by atoms with Crippen LogP contribution in [0.1, 0.15) is 6.42 Å². The molecular weight excluding hydrogens is 316 g/mol. The Bertz CT molecular complexity index is 458. The van der Waals surface area contributed by atoms with Gasteiger partial charge in [0.1, 0.15) is 12.1 Å². The van der Waals surface area contributed by atoms with Crippen molar-refractivity contribution in [3.8, 4) is 0 Å². The second-order valence-electron chi connectivity index (χ2n) is 5.28. The lowest BCUT2D eigenvalue weighted by Crippen LogP contribution is -2.66. The van der Waals surface area contributed by atoms with Gasteiger partial charge < -0.3 is 36.0 Å². The van der Waals surface area contributed by atoms with Crippen molar-refractivity contribution in [3.05, 3.63) is 0 Å². The van der Waals surface area contributed by atoms with Gasteiger partial charge in [0.15, 0.2) is 6.10 Å². The molecule has 0 aliphatic carbocycles. The van der Waals surface area contributed by atoms with Crippen LogP contribution < -0.4 is 5.32 Å². The van der Waals surface area contributed by atoms with E-state index >= 15 is 0 Å². The Balaban J connectivity index is 2.52. The molecule has 7 N–H and O–H groups in total. The maximum absolute atomic E-state index is 11.1. The van der Waals surface area contributed by atoms with Gasteiger partial charge in [0, 0.05) is 13.1 Å². The van der Waals surface area contributed by atoms with E-state index in [2.05, 4.69) is 5.32 Å². The monoisotopic (exact) mass is 336 g/mol. The fraction of sp³-hybridized carbons (Fsp3) is 0.750. The number of nitrogens with one attached hydrogen (secondary N) is 1. The van der Waals surface area contributed by atoms with Crippen molar-refractivity contribution in [2.45, 2.75) is 36.8 Å². The number of carboxylic acid groups (broad SMARTS) is 3. The molecule has 1 rings (SSSR count). The third-order valence-electron chi connectivity index (χ3n) is 3.57. The predicted molar refractivity (Wildman–Crippen MR) is 72.7 cm³/mol. The van der Waals surface area contributed by atoms with Gasteiger partial charge >= 0.3 is 17.9 Å². The molecule has 0 aromatic carbocycles. The Morgan fingerprint density at radius 1 is 1.13 bits per heavy atom. The van der Waals surface area contributed by atoms with E-state index in [-0.39, 0.29) is 26.1 Å². The summed E-state index contributed by atoms with van der Waals surface area (Å²) in [4.78, 5) is 33.7. The zero-order valence-corrected chi connectivity index (χ0v) is 12.1. The van der Waals surface area contributed by atoms with Crippen LogP contribution in [0.4, 0.5) is 0 Å². The Morgan fingerprint density at radius 2 is 1.74 bits per heavy atom. The molecule has 5 unspecified atom stereocenters. The van der Waals surface area contributed by atoms with Crippen molar-refractivity contribution >= 4 is 17.9 Å². The van der Waals surface area contributed by atoms with Crippen molar-refractivity contribution in [2.24, 2.45) is 0 Å². The molecule has 1 heterocycles. The van der Waals surface area contributed by atoms with Crippen molar-refractivity contribution in [1.29, 1.82) is 0 Å². The molecule has 11 nitrogen and oxygen atoms in total. The van der Waals surface area contributed by atoms with Crippen LogP contribution in [0.3, 0.4) is 0 Å². The second kappa shape index (κ2) is 8.17. The molecule has 1 aliphatic heterocycles. The van der Waals surface area contributed by atoms with Crippen molar-refractivity contribution in [3.63, 3.8) is 0 Å². The lowest BCUT2D eigenvalue weighted by Gasteiger charge is -2.43. The summed E-state index contributed by atoms with van der Waals surface area (Å²) in [6, 6.07) is -2.67. The second-order valence-corrected chi connectivity index (χ2v) is 5.28. The molecule has 132 valence electrons. The third-order valence-corrected chi connectivity index (χ3v) is 3.57. The lowest BCUT2D eigenvalue weighted by atomic mass is 9.97. The van der Waals surface area contributed by atoms with Gasteiger partial charge in [-0.15, -0.1) is 0 Å². The van der Waals surface area contributed by atoms with Crippen molar-refractivity contribution < 1.29 is 45.0 Å². The van der Waals surface area contributed by atoms with Crippen LogP contribution in [0.25, 0.3) is 0 Å². The molecule has 1 saturated heterocycles. The van der Waals surface area contributed by atoms with E-state index < -0.39 is 48.3 Å². The van der Waals surface area contributed by atoms with Crippen LogP contribution >= 0.6 is 0 Å². The minimum absolute atomic E-state index is 0.00189. The van der Waals surface area contributed by atoms with E-state index in [1.54, 1.807) is 0 Å². The minimum Gasteiger partial charge on any atom is -0.480 e. The number of rotatable bonds is 10. The highest BCUT2D eigenvalue weighted by atomic mass is 16.4. The molecule has 11 heteroatoms. The van der Waals surface area contributed by atoms with Gasteiger partial charge in [-0.1, -0.05) is 0 Å². The van der Waals surface area contributed by atoms with Crippen LogP contribution in [0.2, 0.25) is 0 Å². The Labute approximate surface area is 130 Å². The first-order valence-corrected chi connectivity index (χ1v) is 6.85. The van der Waals surface area contributed by atoms with E-state index in [9.17, 15) is 24.6 Å². The van der Waals surface area contributed by atoms with Crippen LogP contribution in [0.5, 0.6) is 0 Å². The molecule has 1 fully saturated rings. The number of hydrogen-bond donors (Lipinski definition) is 7. The first kappa shape index (κ1) is 19.3. The zero-order chi connectivity index (χ0) is 17.7. The average molecular weight is 336 g/mol. The van der Waals surface area contributed by atoms with E-state index in [1.165, 1.54) is 4.90 Å². The fourth-order valence-electron chi connectivity index (χ4n) is 2.30. The summed E-state index contributed by atoms with van der Waals surface area (Å²) in [6.07, 6.45) is -4.48. The molecule has 0 bridgehead atoms. The first-order valence-electron chi connectivity index (χ1n) is 6.85. The van der Waals surface area contributed by atoms with Gasteiger partial charge in [0.05, 0.1) is 12.2 Å². The standard InChI is InChI=1S/C12H20N2O9/c15-5(10(18)19)1-2-13-8(11(20)21)6(16)3-14-4-7(17)9(14)12(22)23/h5-9,13,15-17H,1-4H2,(H,18,19)(H,20,21)(H,22,23). The highest BCUT2D eigenvalue weighted by Gasteiger charge is 2.44. The number of carbonyl (C=O) groups is 3. The summed E-state index contributed by atoms with van der Waals surface area (Å²) in [5.74, 6) is -4.13. The maximum Gasteiger partial charge on any atom is 0.332 e. The summed E-state index contributed by atoms with van der Waals surface area (Å²) >= 11 is 0. The van der Waals surface area contributed by atoms with Gasteiger partial charge in [-0.3, -0.25) is 14.5 Å².